The summed E-state index contributed by atoms with van der Waals surface area (Å²) in [5, 5.41) is 3.70. The molecule has 0 spiro atoms. The van der Waals surface area contributed by atoms with Crippen LogP contribution in [0.1, 0.15) is 51.7 Å². The highest BCUT2D eigenvalue weighted by Crippen LogP contribution is 2.15. The molecule has 1 aromatic rings. The van der Waals surface area contributed by atoms with Gasteiger partial charge < -0.3 is 4.52 Å². The van der Waals surface area contributed by atoms with E-state index in [1.807, 2.05) is 20.8 Å². The monoisotopic (exact) mass is 170 g/mol. The number of hydrogen-bond donors (Lipinski definition) is 0. The first-order valence-electron chi connectivity index (χ1n) is 4.54. The van der Waals surface area contributed by atoms with E-state index in [1.165, 1.54) is 0 Å². The van der Waals surface area contributed by atoms with E-state index >= 15 is 0 Å². The first-order chi connectivity index (χ1) is 5.74. The van der Waals surface area contributed by atoms with Gasteiger partial charge in [0.05, 0.1) is 0 Å². The van der Waals surface area contributed by atoms with Gasteiger partial charge in [-0.2, -0.15) is 4.98 Å². The highest BCUT2D eigenvalue weighted by Gasteiger charge is 2.09. The molecule has 3 heteroatoms. The largest absolute Gasteiger partial charge is 0.339 e. The van der Waals surface area contributed by atoms with Gasteiger partial charge in [0, 0.05) is 5.92 Å². The predicted molar refractivity (Wildman–Crippen MR) is 49.1 cm³/mol. The van der Waals surface area contributed by atoms with Gasteiger partial charge in [-0.25, -0.2) is 0 Å². The molecule has 70 valence electrons. The van der Waals surface area contributed by atoms with E-state index in [-0.39, 0.29) is 0 Å². The van der Waals surface area contributed by atoms with Crippen molar-refractivity contribution >= 4 is 0 Å². The fraction of sp³-hybridized carbons (Fsp3) is 0.778. The zero-order valence-corrected chi connectivity index (χ0v) is 8.59. The maximum Gasteiger partial charge on any atom is 0.229 e. The molecule has 0 aliphatic carbocycles. The first-order valence-corrected chi connectivity index (χ1v) is 4.54. The van der Waals surface area contributed by atoms with Gasteiger partial charge in [-0.3, -0.25) is 0 Å². The predicted octanol–water partition coefficient (Wildman–Crippen LogP) is 2.92. The first kappa shape index (κ1) is 11.1. The quantitative estimate of drug-likeness (QED) is 0.685. The van der Waals surface area contributed by atoms with Gasteiger partial charge in [0.2, 0.25) is 5.89 Å². The topological polar surface area (TPSA) is 38.9 Å². The van der Waals surface area contributed by atoms with Gasteiger partial charge >= 0.3 is 0 Å². The average molecular weight is 170 g/mol. The molecule has 1 rings (SSSR count). The Kier molecular flexibility index (Phi) is 5.34. The molecule has 0 saturated heterocycles. The van der Waals surface area contributed by atoms with Crippen molar-refractivity contribution in [2.75, 3.05) is 0 Å². The van der Waals surface area contributed by atoms with Crippen LogP contribution in [0.5, 0.6) is 0 Å². The lowest BCUT2D eigenvalue weighted by Gasteiger charge is -1.97. The van der Waals surface area contributed by atoms with Crippen LogP contribution in [0, 0.1) is 6.92 Å². The van der Waals surface area contributed by atoms with Gasteiger partial charge in [0.1, 0.15) is 0 Å². The second-order valence-electron chi connectivity index (χ2n) is 2.49. The second kappa shape index (κ2) is 5.75. The van der Waals surface area contributed by atoms with Crippen LogP contribution in [0.3, 0.4) is 0 Å². The molecule has 0 aliphatic heterocycles. The molecular weight excluding hydrogens is 152 g/mol. The summed E-state index contributed by atoms with van der Waals surface area (Å²) < 4.78 is 4.96. The Labute approximate surface area is 74.2 Å². The molecule has 12 heavy (non-hydrogen) atoms. The zero-order chi connectivity index (χ0) is 9.56. The lowest BCUT2D eigenvalue weighted by Crippen LogP contribution is -1.90. The third-order valence-electron chi connectivity index (χ3n) is 1.58. The fourth-order valence-corrected chi connectivity index (χ4v) is 0.688. The average Bonchev–Trinajstić information content (AvgIpc) is 2.54. The molecule has 3 nitrogen and oxygen atoms in total. The summed E-state index contributed by atoms with van der Waals surface area (Å²) in [5.41, 5.74) is 0. The normalized spacial score (nSPS) is 11.8. The van der Waals surface area contributed by atoms with Crippen LogP contribution in [0.25, 0.3) is 0 Å². The Hall–Kier alpha value is -0.860. The van der Waals surface area contributed by atoms with Crippen molar-refractivity contribution in [3.8, 4) is 0 Å². The smallest absolute Gasteiger partial charge is 0.229 e. The van der Waals surface area contributed by atoms with Crippen LogP contribution in [-0.2, 0) is 0 Å². The number of nitrogens with zero attached hydrogens (tertiary/aromatic N) is 2. The third kappa shape index (κ3) is 3.03. The van der Waals surface area contributed by atoms with Gasteiger partial charge in [-0.1, -0.05) is 32.9 Å². The van der Waals surface area contributed by atoms with Gasteiger partial charge in [0.15, 0.2) is 5.82 Å². The minimum Gasteiger partial charge on any atom is -0.339 e. The van der Waals surface area contributed by atoms with Crippen LogP contribution in [0.2, 0.25) is 0 Å². The maximum atomic E-state index is 4.96. The summed E-state index contributed by atoms with van der Waals surface area (Å²) >= 11 is 0. The number of hydrogen-bond acceptors (Lipinski definition) is 3. The van der Waals surface area contributed by atoms with E-state index in [0.717, 1.165) is 18.1 Å². The molecule has 0 unspecified atom stereocenters. The van der Waals surface area contributed by atoms with E-state index in [4.69, 9.17) is 4.52 Å². The van der Waals surface area contributed by atoms with Crippen molar-refractivity contribution < 1.29 is 4.52 Å². The molecule has 0 fully saturated rings. The van der Waals surface area contributed by atoms with Crippen LogP contribution in [-0.4, -0.2) is 10.1 Å². The Morgan fingerprint density at radius 3 is 2.33 bits per heavy atom. The lowest BCUT2D eigenvalue weighted by atomic mass is 10.1. The minimum atomic E-state index is 0.390. The molecule has 0 radical (unpaired) electrons. The lowest BCUT2D eigenvalue weighted by molar-refractivity contribution is 0.354. The van der Waals surface area contributed by atoms with Crippen LogP contribution >= 0.6 is 0 Å². The standard InChI is InChI=1S/C7H12N2O.C2H6/c1-4-5(2)7-8-6(3)9-10-7;1-2/h5H,4H2,1-3H3;1-2H3/t5-;/m1./s1. The number of rotatable bonds is 2. The van der Waals surface area contributed by atoms with Crippen molar-refractivity contribution in [3.05, 3.63) is 11.7 Å². The molecule has 0 bridgehead atoms. The maximum absolute atomic E-state index is 4.96. The highest BCUT2D eigenvalue weighted by atomic mass is 16.5. The van der Waals surface area contributed by atoms with Crippen molar-refractivity contribution in [1.29, 1.82) is 0 Å². The van der Waals surface area contributed by atoms with Crippen molar-refractivity contribution in [3.63, 3.8) is 0 Å². The summed E-state index contributed by atoms with van der Waals surface area (Å²) in [4.78, 5) is 4.10. The molecule has 0 aliphatic rings. The highest BCUT2D eigenvalue weighted by molar-refractivity contribution is 4.89. The molecule has 0 N–H and O–H groups in total. The Morgan fingerprint density at radius 1 is 1.42 bits per heavy atom. The van der Waals surface area contributed by atoms with E-state index < -0.39 is 0 Å². The Bertz CT molecular complexity index is 208. The molecule has 0 saturated carbocycles. The van der Waals surface area contributed by atoms with E-state index in [0.29, 0.717) is 5.92 Å². The third-order valence-corrected chi connectivity index (χ3v) is 1.58. The SMILES string of the molecule is CC.CC[C@@H](C)c1nc(C)no1. The minimum absolute atomic E-state index is 0.390. The molecular formula is C9H18N2O. The van der Waals surface area contributed by atoms with Crippen LogP contribution in [0.4, 0.5) is 0 Å². The van der Waals surface area contributed by atoms with E-state index in [2.05, 4.69) is 24.0 Å². The Balaban J connectivity index is 0.000000561. The van der Waals surface area contributed by atoms with E-state index in [1.54, 1.807) is 0 Å². The summed E-state index contributed by atoms with van der Waals surface area (Å²) in [7, 11) is 0. The molecule has 0 aromatic carbocycles. The van der Waals surface area contributed by atoms with Gasteiger partial charge in [0.25, 0.3) is 0 Å². The van der Waals surface area contributed by atoms with Crippen LogP contribution < -0.4 is 0 Å². The molecule has 1 atom stereocenters. The van der Waals surface area contributed by atoms with Crippen LogP contribution in [0.15, 0.2) is 4.52 Å². The van der Waals surface area contributed by atoms with Crippen molar-refractivity contribution in [2.24, 2.45) is 0 Å². The van der Waals surface area contributed by atoms with Crippen molar-refractivity contribution in [2.45, 2.75) is 47.0 Å². The van der Waals surface area contributed by atoms with Gasteiger partial charge in [-0.15, -0.1) is 0 Å². The second-order valence-corrected chi connectivity index (χ2v) is 2.49. The molecule has 1 heterocycles. The zero-order valence-electron chi connectivity index (χ0n) is 8.59. The fourth-order valence-electron chi connectivity index (χ4n) is 0.688. The van der Waals surface area contributed by atoms with E-state index in [9.17, 15) is 0 Å². The summed E-state index contributed by atoms with van der Waals surface area (Å²) in [6, 6.07) is 0. The van der Waals surface area contributed by atoms with Gasteiger partial charge in [-0.05, 0) is 13.3 Å². The number of aryl methyl sites for hydroxylation is 1. The summed E-state index contributed by atoms with van der Waals surface area (Å²) in [5.74, 6) is 1.86. The summed E-state index contributed by atoms with van der Waals surface area (Å²) in [6.07, 6.45) is 1.04. The van der Waals surface area contributed by atoms with Crippen molar-refractivity contribution in [1.82, 2.24) is 10.1 Å². The Morgan fingerprint density at radius 2 is 2.00 bits per heavy atom. The summed E-state index contributed by atoms with van der Waals surface area (Å²) in [6.45, 7) is 10.0. The number of aromatic nitrogens is 2. The molecule has 1 aromatic heterocycles. The molecule has 0 amide bonds.